The van der Waals surface area contributed by atoms with E-state index in [1.165, 1.54) is 32.1 Å². The van der Waals surface area contributed by atoms with Gasteiger partial charge in [-0.2, -0.15) is 0 Å². The van der Waals surface area contributed by atoms with Crippen LogP contribution in [0.15, 0.2) is 11.6 Å². The van der Waals surface area contributed by atoms with E-state index < -0.39 is 0 Å². The summed E-state index contributed by atoms with van der Waals surface area (Å²) in [5.74, 6) is 1.58. The van der Waals surface area contributed by atoms with Gasteiger partial charge in [-0.25, -0.2) is 4.98 Å². The van der Waals surface area contributed by atoms with Crippen LogP contribution in [0.4, 0.5) is 5.13 Å². The van der Waals surface area contributed by atoms with Gasteiger partial charge >= 0.3 is 0 Å². The minimum atomic E-state index is 0.291. The fourth-order valence-corrected chi connectivity index (χ4v) is 4.64. The molecule has 2 heterocycles. The van der Waals surface area contributed by atoms with E-state index in [0.717, 1.165) is 50.1 Å². The summed E-state index contributed by atoms with van der Waals surface area (Å²) in [6, 6.07) is 0. The van der Waals surface area contributed by atoms with Crippen molar-refractivity contribution < 1.29 is 4.79 Å². The molecule has 128 valence electrons. The number of hydrogen-bond acceptors (Lipinski definition) is 4. The summed E-state index contributed by atoms with van der Waals surface area (Å²) in [6.45, 7) is 5.82. The van der Waals surface area contributed by atoms with Crippen molar-refractivity contribution in [3.63, 3.8) is 0 Å². The van der Waals surface area contributed by atoms with Crippen LogP contribution in [0.25, 0.3) is 0 Å². The van der Waals surface area contributed by atoms with E-state index >= 15 is 0 Å². The molecular formula is C18H29N3OS. The Morgan fingerprint density at radius 1 is 1.22 bits per heavy atom. The Kier molecular flexibility index (Phi) is 5.92. The first-order chi connectivity index (χ1) is 11.3. The lowest BCUT2D eigenvalue weighted by atomic mass is 9.79. The standard InChI is InChI=1S/C18H29N3OS/c1-2-3-4-15-5-7-16(8-6-15)17(22)20-10-12-21(13-11-20)18-19-9-14-23-18/h9,14-16H,2-8,10-13H2,1H3. The topological polar surface area (TPSA) is 36.4 Å². The molecule has 4 nitrogen and oxygen atoms in total. The number of carbonyl (C=O) groups is 1. The summed E-state index contributed by atoms with van der Waals surface area (Å²) < 4.78 is 0. The summed E-state index contributed by atoms with van der Waals surface area (Å²) in [7, 11) is 0. The molecule has 3 rings (SSSR count). The van der Waals surface area contributed by atoms with Crippen molar-refractivity contribution in [3.05, 3.63) is 11.6 Å². The average molecular weight is 336 g/mol. The summed E-state index contributed by atoms with van der Waals surface area (Å²) in [6.07, 6.45) is 10.6. The zero-order valence-corrected chi connectivity index (χ0v) is 15.1. The van der Waals surface area contributed by atoms with Crippen molar-refractivity contribution in [3.8, 4) is 0 Å². The normalized spacial score (nSPS) is 25.6. The van der Waals surface area contributed by atoms with Crippen molar-refractivity contribution in [1.82, 2.24) is 9.88 Å². The van der Waals surface area contributed by atoms with Gasteiger partial charge in [-0.05, 0) is 31.6 Å². The molecule has 1 aliphatic carbocycles. The predicted octanol–water partition coefficient (Wildman–Crippen LogP) is 3.79. The van der Waals surface area contributed by atoms with E-state index in [9.17, 15) is 4.79 Å². The van der Waals surface area contributed by atoms with Crippen molar-refractivity contribution in [2.45, 2.75) is 51.9 Å². The third kappa shape index (κ3) is 4.25. The van der Waals surface area contributed by atoms with Crippen molar-refractivity contribution in [2.75, 3.05) is 31.1 Å². The van der Waals surface area contributed by atoms with Crippen LogP contribution in [-0.4, -0.2) is 42.0 Å². The monoisotopic (exact) mass is 335 g/mol. The Balaban J connectivity index is 1.43. The number of thiazole rings is 1. The molecule has 2 aliphatic rings. The summed E-state index contributed by atoms with van der Waals surface area (Å²) in [5.41, 5.74) is 0. The van der Waals surface area contributed by atoms with Gasteiger partial charge in [0.2, 0.25) is 5.91 Å². The number of unbranched alkanes of at least 4 members (excludes halogenated alkanes) is 1. The van der Waals surface area contributed by atoms with Gasteiger partial charge in [-0.3, -0.25) is 4.79 Å². The molecule has 0 bridgehead atoms. The van der Waals surface area contributed by atoms with Crippen molar-refractivity contribution in [2.24, 2.45) is 11.8 Å². The Morgan fingerprint density at radius 3 is 2.57 bits per heavy atom. The number of carbonyl (C=O) groups excluding carboxylic acids is 1. The summed E-state index contributed by atoms with van der Waals surface area (Å²) in [5, 5.41) is 3.11. The molecule has 1 amide bonds. The number of anilines is 1. The van der Waals surface area contributed by atoms with Crippen LogP contribution in [0.2, 0.25) is 0 Å². The molecule has 1 saturated carbocycles. The van der Waals surface area contributed by atoms with Gasteiger partial charge in [0.05, 0.1) is 0 Å². The lowest BCUT2D eigenvalue weighted by Crippen LogP contribution is -2.50. The molecule has 23 heavy (non-hydrogen) atoms. The first-order valence-corrected chi connectivity index (χ1v) is 10.1. The zero-order valence-electron chi connectivity index (χ0n) is 14.2. The van der Waals surface area contributed by atoms with E-state index in [1.54, 1.807) is 11.3 Å². The lowest BCUT2D eigenvalue weighted by Gasteiger charge is -2.37. The van der Waals surface area contributed by atoms with Crippen LogP contribution in [-0.2, 0) is 4.79 Å². The summed E-state index contributed by atoms with van der Waals surface area (Å²) in [4.78, 5) is 21.5. The van der Waals surface area contributed by atoms with Crippen LogP contribution in [0.3, 0.4) is 0 Å². The van der Waals surface area contributed by atoms with E-state index in [4.69, 9.17) is 0 Å². The van der Waals surface area contributed by atoms with E-state index in [0.29, 0.717) is 11.8 Å². The van der Waals surface area contributed by atoms with E-state index in [2.05, 4.69) is 21.7 Å². The molecule has 0 aromatic carbocycles. The average Bonchev–Trinajstić information content (AvgIpc) is 3.14. The minimum absolute atomic E-state index is 0.291. The highest BCUT2D eigenvalue weighted by molar-refractivity contribution is 7.13. The van der Waals surface area contributed by atoms with Crippen LogP contribution in [0, 0.1) is 11.8 Å². The Labute approximate surface area is 143 Å². The van der Waals surface area contributed by atoms with E-state index in [1.807, 2.05) is 11.6 Å². The fraction of sp³-hybridized carbons (Fsp3) is 0.778. The largest absolute Gasteiger partial charge is 0.345 e. The Morgan fingerprint density at radius 2 is 1.96 bits per heavy atom. The number of hydrogen-bond donors (Lipinski definition) is 0. The molecule has 0 atom stereocenters. The molecule has 1 aliphatic heterocycles. The Bertz CT molecular complexity index is 474. The number of rotatable bonds is 5. The maximum Gasteiger partial charge on any atom is 0.225 e. The third-order valence-corrected chi connectivity index (χ3v) is 6.28. The molecule has 1 aromatic rings. The van der Waals surface area contributed by atoms with Gasteiger partial charge in [0.15, 0.2) is 5.13 Å². The third-order valence-electron chi connectivity index (χ3n) is 5.44. The lowest BCUT2D eigenvalue weighted by molar-refractivity contribution is -0.137. The molecule has 0 radical (unpaired) electrons. The van der Waals surface area contributed by atoms with Crippen LogP contribution in [0.5, 0.6) is 0 Å². The molecule has 1 saturated heterocycles. The second kappa shape index (κ2) is 8.13. The van der Waals surface area contributed by atoms with Gasteiger partial charge in [0.1, 0.15) is 0 Å². The van der Waals surface area contributed by atoms with Crippen molar-refractivity contribution >= 4 is 22.4 Å². The number of aromatic nitrogens is 1. The maximum absolute atomic E-state index is 12.8. The van der Waals surface area contributed by atoms with E-state index in [-0.39, 0.29) is 0 Å². The highest BCUT2D eigenvalue weighted by atomic mass is 32.1. The molecule has 0 spiro atoms. The van der Waals surface area contributed by atoms with Gasteiger partial charge in [-0.15, -0.1) is 11.3 Å². The van der Waals surface area contributed by atoms with Gasteiger partial charge in [-0.1, -0.05) is 26.2 Å². The van der Waals surface area contributed by atoms with Crippen LogP contribution in [0.1, 0.15) is 51.9 Å². The number of nitrogens with zero attached hydrogens (tertiary/aromatic N) is 3. The maximum atomic E-state index is 12.8. The second-order valence-corrected chi connectivity index (χ2v) is 7.86. The first-order valence-electron chi connectivity index (χ1n) is 9.21. The Hall–Kier alpha value is -1.10. The molecule has 1 aromatic heterocycles. The molecule has 2 fully saturated rings. The van der Waals surface area contributed by atoms with Gasteiger partial charge in [0, 0.05) is 43.7 Å². The summed E-state index contributed by atoms with van der Waals surface area (Å²) >= 11 is 1.69. The first kappa shape index (κ1) is 16.7. The van der Waals surface area contributed by atoms with Crippen LogP contribution < -0.4 is 4.90 Å². The number of amides is 1. The van der Waals surface area contributed by atoms with Gasteiger partial charge < -0.3 is 9.80 Å². The molecule has 5 heteroatoms. The number of piperazine rings is 1. The SMILES string of the molecule is CCCCC1CCC(C(=O)N2CCN(c3nccs3)CC2)CC1. The zero-order chi connectivity index (χ0) is 16.1. The van der Waals surface area contributed by atoms with Crippen LogP contribution >= 0.6 is 11.3 Å². The highest BCUT2D eigenvalue weighted by Crippen LogP contribution is 2.33. The predicted molar refractivity (Wildman–Crippen MR) is 95.9 cm³/mol. The fourth-order valence-electron chi connectivity index (χ4n) is 3.94. The highest BCUT2D eigenvalue weighted by Gasteiger charge is 2.31. The van der Waals surface area contributed by atoms with Gasteiger partial charge in [0.25, 0.3) is 0 Å². The molecule has 0 N–H and O–H groups in total. The smallest absolute Gasteiger partial charge is 0.225 e. The second-order valence-electron chi connectivity index (χ2n) is 6.99. The minimum Gasteiger partial charge on any atom is -0.345 e. The molecule has 0 unspecified atom stereocenters. The molecular weight excluding hydrogens is 306 g/mol. The quantitative estimate of drug-likeness (QED) is 0.821. The van der Waals surface area contributed by atoms with Crippen molar-refractivity contribution in [1.29, 1.82) is 0 Å².